The van der Waals surface area contributed by atoms with Gasteiger partial charge in [-0.2, -0.15) is 4.31 Å². The van der Waals surface area contributed by atoms with E-state index in [0.717, 1.165) is 5.56 Å². The lowest BCUT2D eigenvalue weighted by Crippen LogP contribution is -2.29. The summed E-state index contributed by atoms with van der Waals surface area (Å²) in [6.07, 6.45) is 0. The molecule has 4 heteroatoms. The van der Waals surface area contributed by atoms with Gasteiger partial charge in [0, 0.05) is 19.0 Å². The lowest BCUT2D eigenvalue weighted by molar-refractivity contribution is 0.464. The Morgan fingerprint density at radius 2 is 1.59 bits per heavy atom. The quantitative estimate of drug-likeness (QED) is 0.870. The van der Waals surface area contributed by atoms with Gasteiger partial charge >= 0.3 is 0 Å². The first-order valence-corrected chi connectivity index (χ1v) is 9.04. The Bertz CT molecular complexity index is 738. The van der Waals surface area contributed by atoms with Gasteiger partial charge in [0.25, 0.3) is 0 Å². The third kappa shape index (κ3) is 2.81. The topological polar surface area (TPSA) is 37.4 Å². The summed E-state index contributed by atoms with van der Waals surface area (Å²) in [5.41, 5.74) is 2.28. The lowest BCUT2D eigenvalue weighted by Gasteiger charge is -2.17. The van der Waals surface area contributed by atoms with Crippen LogP contribution in [0, 0.1) is 12.8 Å². The monoisotopic (exact) mass is 315 g/mol. The van der Waals surface area contributed by atoms with Crippen LogP contribution in [0.25, 0.3) is 0 Å². The highest BCUT2D eigenvalue weighted by molar-refractivity contribution is 7.89. The van der Waals surface area contributed by atoms with Gasteiger partial charge in [-0.3, -0.25) is 0 Å². The van der Waals surface area contributed by atoms with Crippen LogP contribution < -0.4 is 0 Å². The average molecular weight is 315 g/mol. The van der Waals surface area contributed by atoms with E-state index in [1.165, 1.54) is 5.56 Å². The van der Waals surface area contributed by atoms with E-state index in [1.54, 1.807) is 16.4 Å². The molecule has 1 saturated heterocycles. The smallest absolute Gasteiger partial charge is 0.207 e. The molecule has 2 aromatic carbocycles. The van der Waals surface area contributed by atoms with Gasteiger partial charge in [-0.05, 0) is 30.5 Å². The van der Waals surface area contributed by atoms with Gasteiger partial charge in [-0.15, -0.1) is 0 Å². The van der Waals surface area contributed by atoms with Gasteiger partial charge in [0.05, 0.1) is 4.90 Å². The largest absolute Gasteiger partial charge is 0.243 e. The minimum Gasteiger partial charge on any atom is -0.207 e. The Morgan fingerprint density at radius 3 is 2.23 bits per heavy atom. The normalized spacial score (nSPS) is 22.8. The van der Waals surface area contributed by atoms with Crippen LogP contribution in [0.15, 0.2) is 59.5 Å². The first kappa shape index (κ1) is 15.3. The second-order valence-electron chi connectivity index (χ2n) is 6.13. The Morgan fingerprint density at radius 1 is 0.955 bits per heavy atom. The van der Waals surface area contributed by atoms with Crippen LogP contribution in [0.2, 0.25) is 0 Å². The highest BCUT2D eigenvalue weighted by Crippen LogP contribution is 2.35. The minimum atomic E-state index is -3.40. The molecule has 2 aromatic rings. The highest BCUT2D eigenvalue weighted by atomic mass is 32.2. The van der Waals surface area contributed by atoms with Crippen LogP contribution in [-0.4, -0.2) is 25.8 Å². The molecule has 0 aromatic heterocycles. The Balaban J connectivity index is 1.86. The van der Waals surface area contributed by atoms with E-state index in [0.29, 0.717) is 23.9 Å². The SMILES string of the molecule is Cc1ccc(S(=O)(=O)N2C[C@H](c3ccccc3)[C@@H](C)C2)cc1. The minimum absolute atomic E-state index is 0.265. The summed E-state index contributed by atoms with van der Waals surface area (Å²) < 4.78 is 27.2. The van der Waals surface area contributed by atoms with Crippen molar-refractivity contribution in [1.82, 2.24) is 4.31 Å². The van der Waals surface area contributed by atoms with Crippen LogP contribution in [0.3, 0.4) is 0 Å². The maximum Gasteiger partial charge on any atom is 0.243 e. The van der Waals surface area contributed by atoms with Crippen molar-refractivity contribution < 1.29 is 8.42 Å². The van der Waals surface area contributed by atoms with Gasteiger partial charge < -0.3 is 0 Å². The molecule has 1 fully saturated rings. The highest BCUT2D eigenvalue weighted by Gasteiger charge is 2.37. The van der Waals surface area contributed by atoms with Crippen molar-refractivity contribution >= 4 is 10.0 Å². The molecule has 116 valence electrons. The molecule has 0 spiro atoms. The molecule has 0 aliphatic carbocycles. The van der Waals surface area contributed by atoms with E-state index < -0.39 is 10.0 Å². The van der Waals surface area contributed by atoms with Crippen molar-refractivity contribution in [2.75, 3.05) is 13.1 Å². The summed E-state index contributed by atoms with van der Waals surface area (Å²) in [6, 6.07) is 17.3. The van der Waals surface area contributed by atoms with Gasteiger partial charge in [0.2, 0.25) is 10.0 Å². The molecule has 3 nitrogen and oxygen atoms in total. The van der Waals surface area contributed by atoms with Gasteiger partial charge in [0.15, 0.2) is 0 Å². The maximum absolute atomic E-state index is 12.8. The van der Waals surface area contributed by atoms with Gasteiger partial charge in [-0.1, -0.05) is 55.0 Å². The van der Waals surface area contributed by atoms with Crippen LogP contribution in [0.1, 0.15) is 24.0 Å². The molecule has 22 heavy (non-hydrogen) atoms. The van der Waals surface area contributed by atoms with Crippen molar-refractivity contribution in [3.8, 4) is 0 Å². The van der Waals surface area contributed by atoms with Crippen LogP contribution >= 0.6 is 0 Å². The maximum atomic E-state index is 12.8. The summed E-state index contributed by atoms with van der Waals surface area (Å²) in [4.78, 5) is 0.388. The molecular formula is C18H21NO2S. The predicted molar refractivity (Wildman–Crippen MR) is 88.3 cm³/mol. The van der Waals surface area contributed by atoms with Crippen LogP contribution in [0.4, 0.5) is 0 Å². The number of hydrogen-bond acceptors (Lipinski definition) is 2. The molecule has 1 aliphatic heterocycles. The molecule has 0 saturated carbocycles. The van der Waals surface area contributed by atoms with E-state index in [-0.39, 0.29) is 5.92 Å². The fraction of sp³-hybridized carbons (Fsp3) is 0.333. The summed E-state index contributed by atoms with van der Waals surface area (Å²) in [5.74, 6) is 0.587. The number of benzene rings is 2. The average Bonchev–Trinajstić information content (AvgIpc) is 2.91. The lowest BCUT2D eigenvalue weighted by atomic mass is 9.90. The van der Waals surface area contributed by atoms with E-state index >= 15 is 0 Å². The van der Waals surface area contributed by atoms with E-state index in [4.69, 9.17) is 0 Å². The van der Waals surface area contributed by atoms with Crippen molar-refractivity contribution in [1.29, 1.82) is 0 Å². The second-order valence-corrected chi connectivity index (χ2v) is 8.07. The standard InChI is InChI=1S/C18H21NO2S/c1-14-8-10-17(11-9-14)22(20,21)19-12-15(2)18(13-19)16-6-4-3-5-7-16/h3-11,15,18H,12-13H2,1-2H3/t15-,18-/m0/s1. The Hall–Kier alpha value is -1.65. The summed E-state index contributed by atoms with van der Waals surface area (Å²) in [6.45, 7) is 5.22. The molecule has 0 bridgehead atoms. The van der Waals surface area contributed by atoms with Crippen LogP contribution in [-0.2, 0) is 10.0 Å². The first-order valence-electron chi connectivity index (χ1n) is 7.60. The summed E-state index contributed by atoms with van der Waals surface area (Å²) >= 11 is 0. The molecule has 0 unspecified atom stereocenters. The van der Waals surface area contributed by atoms with Crippen molar-refractivity contribution in [2.24, 2.45) is 5.92 Å². The Labute approximate surface area is 132 Å². The van der Waals surface area contributed by atoms with E-state index in [2.05, 4.69) is 19.1 Å². The fourth-order valence-electron chi connectivity index (χ4n) is 3.11. The van der Waals surface area contributed by atoms with E-state index in [1.807, 2.05) is 37.3 Å². The van der Waals surface area contributed by atoms with Gasteiger partial charge in [-0.25, -0.2) is 8.42 Å². The molecular weight excluding hydrogens is 294 g/mol. The zero-order valence-corrected chi connectivity index (χ0v) is 13.8. The molecule has 0 N–H and O–H groups in total. The molecule has 0 radical (unpaired) electrons. The van der Waals surface area contributed by atoms with Crippen molar-refractivity contribution in [2.45, 2.75) is 24.7 Å². The zero-order chi connectivity index (χ0) is 15.7. The van der Waals surface area contributed by atoms with E-state index in [9.17, 15) is 8.42 Å². The number of nitrogens with zero attached hydrogens (tertiary/aromatic N) is 1. The molecule has 1 aliphatic rings. The molecule has 1 heterocycles. The first-order chi connectivity index (χ1) is 10.5. The zero-order valence-electron chi connectivity index (χ0n) is 12.9. The number of hydrogen-bond donors (Lipinski definition) is 0. The second kappa shape index (κ2) is 5.86. The predicted octanol–water partition coefficient (Wildman–Crippen LogP) is 3.42. The molecule has 3 rings (SSSR count). The number of rotatable bonds is 3. The summed E-state index contributed by atoms with van der Waals surface area (Å²) in [7, 11) is -3.40. The molecule has 2 atom stereocenters. The molecule has 0 amide bonds. The Kier molecular flexibility index (Phi) is 4.06. The number of aryl methyl sites for hydroxylation is 1. The fourth-order valence-corrected chi connectivity index (χ4v) is 4.68. The third-order valence-corrected chi connectivity index (χ3v) is 6.31. The van der Waals surface area contributed by atoms with Crippen LogP contribution in [0.5, 0.6) is 0 Å². The third-order valence-electron chi connectivity index (χ3n) is 4.47. The van der Waals surface area contributed by atoms with Gasteiger partial charge in [0.1, 0.15) is 0 Å². The van der Waals surface area contributed by atoms with Crippen molar-refractivity contribution in [3.05, 3.63) is 65.7 Å². The van der Waals surface area contributed by atoms with Crippen molar-refractivity contribution in [3.63, 3.8) is 0 Å². The number of sulfonamides is 1. The summed E-state index contributed by atoms with van der Waals surface area (Å²) in [5, 5.41) is 0.